The summed E-state index contributed by atoms with van der Waals surface area (Å²) in [5.74, 6) is -3.09. The Morgan fingerprint density at radius 2 is 1.76 bits per heavy atom. The number of methoxy groups -OCH3 is 1. The molecule has 1 saturated carbocycles. The molecule has 4 N–H and O–H groups in total. The minimum atomic E-state index is -1.82. The Balaban J connectivity index is 0.000000505. The number of rotatable bonds is 6. The van der Waals surface area contributed by atoms with E-state index in [1.165, 1.54) is 10.3 Å². The highest BCUT2D eigenvalue weighted by Crippen LogP contribution is 2.28. The molecular formula is C26H27N5O6S. The number of benzene rings is 1. The van der Waals surface area contributed by atoms with E-state index in [4.69, 9.17) is 24.5 Å². The number of nitrogens with one attached hydrogen (secondary N) is 2. The number of aliphatic carboxylic acids is 2. The summed E-state index contributed by atoms with van der Waals surface area (Å²) in [7, 11) is 1.58. The summed E-state index contributed by atoms with van der Waals surface area (Å²) in [6.07, 6.45) is 5.40. The van der Waals surface area contributed by atoms with Gasteiger partial charge < -0.3 is 25.6 Å². The molecule has 1 fully saturated rings. The molecular weight excluding hydrogens is 510 g/mol. The smallest absolute Gasteiger partial charge is 0.414 e. The van der Waals surface area contributed by atoms with Crippen molar-refractivity contribution in [3.63, 3.8) is 0 Å². The number of aromatic nitrogens is 3. The SMILES string of the molecule is COc1ccc2nccc(NC(=O)[C@H]3CC[C@H](NCc4ccc5scnc5c4)CC3)c2n1.O=C(O)C(=O)O. The summed E-state index contributed by atoms with van der Waals surface area (Å²) < 4.78 is 6.44. The second kappa shape index (κ2) is 12.4. The van der Waals surface area contributed by atoms with Crippen LogP contribution in [0.5, 0.6) is 5.88 Å². The Morgan fingerprint density at radius 1 is 1.00 bits per heavy atom. The number of carbonyl (C=O) groups excluding carboxylic acids is 1. The minimum Gasteiger partial charge on any atom is -0.481 e. The molecule has 0 aliphatic heterocycles. The lowest BCUT2D eigenvalue weighted by Gasteiger charge is -2.28. The quantitative estimate of drug-likeness (QED) is 0.267. The highest BCUT2D eigenvalue weighted by molar-refractivity contribution is 7.16. The molecule has 0 radical (unpaired) electrons. The lowest BCUT2D eigenvalue weighted by molar-refractivity contribution is -0.159. The fraction of sp³-hybridized carbons (Fsp3) is 0.308. The third kappa shape index (κ3) is 6.78. The molecule has 3 aromatic heterocycles. The number of amides is 1. The van der Waals surface area contributed by atoms with Gasteiger partial charge in [-0.15, -0.1) is 11.3 Å². The molecule has 1 aliphatic carbocycles. The van der Waals surface area contributed by atoms with Crippen LogP contribution in [0, 0.1) is 5.92 Å². The number of pyridine rings is 2. The van der Waals surface area contributed by atoms with Crippen LogP contribution in [0.2, 0.25) is 0 Å². The van der Waals surface area contributed by atoms with Gasteiger partial charge in [-0.3, -0.25) is 9.78 Å². The Kier molecular flexibility index (Phi) is 8.77. The minimum absolute atomic E-state index is 0.00762. The molecule has 5 rings (SSSR count). The maximum Gasteiger partial charge on any atom is 0.414 e. The molecule has 198 valence electrons. The van der Waals surface area contributed by atoms with Gasteiger partial charge in [0, 0.05) is 30.8 Å². The molecule has 11 nitrogen and oxygen atoms in total. The summed E-state index contributed by atoms with van der Waals surface area (Å²) >= 11 is 1.66. The van der Waals surface area contributed by atoms with Crippen molar-refractivity contribution in [2.24, 2.45) is 5.92 Å². The van der Waals surface area contributed by atoms with Crippen LogP contribution < -0.4 is 15.4 Å². The summed E-state index contributed by atoms with van der Waals surface area (Å²) in [6, 6.07) is 12.3. The van der Waals surface area contributed by atoms with Crippen molar-refractivity contribution in [3.8, 4) is 5.88 Å². The number of fused-ring (bicyclic) bond motifs is 2. The van der Waals surface area contributed by atoms with E-state index >= 15 is 0 Å². The number of thiazole rings is 1. The molecule has 0 saturated heterocycles. The zero-order valence-corrected chi connectivity index (χ0v) is 21.4. The summed E-state index contributed by atoms with van der Waals surface area (Å²) in [4.78, 5) is 44.3. The van der Waals surface area contributed by atoms with Gasteiger partial charge in [-0.05, 0) is 55.5 Å². The Hall–Kier alpha value is -4.16. The van der Waals surface area contributed by atoms with Crippen molar-refractivity contribution in [1.29, 1.82) is 0 Å². The van der Waals surface area contributed by atoms with Crippen LogP contribution in [0.4, 0.5) is 5.69 Å². The van der Waals surface area contributed by atoms with Crippen molar-refractivity contribution in [3.05, 3.63) is 53.7 Å². The average molecular weight is 538 g/mol. The van der Waals surface area contributed by atoms with E-state index < -0.39 is 11.9 Å². The lowest BCUT2D eigenvalue weighted by Crippen LogP contribution is -2.36. The monoisotopic (exact) mass is 537 g/mol. The molecule has 3 heterocycles. The van der Waals surface area contributed by atoms with Crippen molar-refractivity contribution in [1.82, 2.24) is 20.3 Å². The van der Waals surface area contributed by atoms with Gasteiger partial charge in [-0.1, -0.05) is 6.07 Å². The van der Waals surface area contributed by atoms with Gasteiger partial charge in [0.2, 0.25) is 11.8 Å². The van der Waals surface area contributed by atoms with Crippen LogP contribution in [0.25, 0.3) is 21.3 Å². The molecule has 0 bridgehead atoms. The number of carbonyl (C=O) groups is 3. The molecule has 12 heteroatoms. The van der Waals surface area contributed by atoms with Gasteiger partial charge in [-0.25, -0.2) is 19.6 Å². The molecule has 4 aromatic rings. The first-order valence-electron chi connectivity index (χ1n) is 12.0. The lowest BCUT2D eigenvalue weighted by atomic mass is 9.85. The Bertz CT molecular complexity index is 1440. The highest BCUT2D eigenvalue weighted by atomic mass is 32.1. The van der Waals surface area contributed by atoms with Gasteiger partial charge in [-0.2, -0.15) is 0 Å². The van der Waals surface area contributed by atoms with E-state index in [1.807, 2.05) is 11.6 Å². The standard InChI is InChI=1S/C24H25N5O2S.C2H2O4/c1-31-22-9-7-18-23(29-22)19(10-11-25-18)28-24(30)16-3-5-17(6-4-16)26-13-15-2-8-21-20(12-15)27-14-32-21;3-1(4)2(5)6/h2,7-12,14,16-17,26H,3-6,13H2,1H3,(H,25,28,30);(H,3,4)(H,5,6)/t16-,17-;. The van der Waals surface area contributed by atoms with Gasteiger partial charge in [0.15, 0.2) is 0 Å². The van der Waals surface area contributed by atoms with Crippen LogP contribution in [-0.4, -0.2) is 56.2 Å². The van der Waals surface area contributed by atoms with Crippen molar-refractivity contribution in [2.45, 2.75) is 38.3 Å². The fourth-order valence-corrected chi connectivity index (χ4v) is 4.95. The fourth-order valence-electron chi connectivity index (χ4n) is 4.29. The molecule has 1 amide bonds. The maximum absolute atomic E-state index is 12.9. The van der Waals surface area contributed by atoms with Crippen LogP contribution in [0.3, 0.4) is 0 Å². The number of nitrogens with zero attached hydrogens (tertiary/aromatic N) is 3. The molecule has 38 heavy (non-hydrogen) atoms. The normalized spacial score (nSPS) is 16.9. The van der Waals surface area contributed by atoms with Crippen LogP contribution in [-0.2, 0) is 20.9 Å². The van der Waals surface area contributed by atoms with E-state index in [0.29, 0.717) is 23.1 Å². The molecule has 0 atom stereocenters. The zero-order chi connectivity index (χ0) is 27.1. The number of carboxylic acids is 2. The molecule has 0 spiro atoms. The first-order chi connectivity index (χ1) is 18.3. The largest absolute Gasteiger partial charge is 0.481 e. The van der Waals surface area contributed by atoms with E-state index in [9.17, 15) is 4.79 Å². The first kappa shape index (κ1) is 26.9. The third-order valence-corrected chi connectivity index (χ3v) is 7.11. The Morgan fingerprint density at radius 3 is 2.47 bits per heavy atom. The van der Waals surface area contributed by atoms with Crippen LogP contribution >= 0.6 is 11.3 Å². The number of anilines is 1. The van der Waals surface area contributed by atoms with E-state index in [0.717, 1.165) is 43.3 Å². The number of ether oxygens (including phenoxy) is 1. The van der Waals surface area contributed by atoms with E-state index in [2.05, 4.69) is 43.8 Å². The second-order valence-corrected chi connectivity index (χ2v) is 9.65. The number of hydrogen-bond donors (Lipinski definition) is 4. The Labute approximate surface area is 221 Å². The van der Waals surface area contributed by atoms with Gasteiger partial charge in [0.25, 0.3) is 0 Å². The topological polar surface area (TPSA) is 164 Å². The average Bonchev–Trinajstić information content (AvgIpc) is 3.40. The van der Waals surface area contributed by atoms with E-state index in [1.54, 1.807) is 36.8 Å². The first-order valence-corrected chi connectivity index (χ1v) is 12.8. The van der Waals surface area contributed by atoms with Crippen molar-refractivity contribution >= 4 is 56.1 Å². The molecule has 1 aromatic carbocycles. The summed E-state index contributed by atoms with van der Waals surface area (Å²) in [5, 5.41) is 21.5. The van der Waals surface area contributed by atoms with Crippen LogP contribution in [0.15, 0.2) is 48.1 Å². The van der Waals surface area contributed by atoms with Crippen molar-refractivity contribution < 1.29 is 29.3 Å². The predicted molar refractivity (Wildman–Crippen MR) is 142 cm³/mol. The maximum atomic E-state index is 12.9. The number of hydrogen-bond acceptors (Lipinski definition) is 9. The third-order valence-electron chi connectivity index (χ3n) is 6.30. The van der Waals surface area contributed by atoms with Gasteiger partial charge in [0.1, 0.15) is 5.52 Å². The van der Waals surface area contributed by atoms with Gasteiger partial charge >= 0.3 is 11.9 Å². The summed E-state index contributed by atoms with van der Waals surface area (Å²) in [6.45, 7) is 0.825. The zero-order valence-electron chi connectivity index (χ0n) is 20.6. The number of carboxylic acid groups (broad SMARTS) is 2. The summed E-state index contributed by atoms with van der Waals surface area (Å²) in [5.41, 5.74) is 6.24. The predicted octanol–water partition coefficient (Wildman–Crippen LogP) is 3.69. The molecule has 0 unspecified atom stereocenters. The van der Waals surface area contributed by atoms with Crippen molar-refractivity contribution in [2.75, 3.05) is 12.4 Å². The van der Waals surface area contributed by atoms with E-state index in [-0.39, 0.29) is 11.8 Å². The highest BCUT2D eigenvalue weighted by Gasteiger charge is 2.26. The second-order valence-electron chi connectivity index (χ2n) is 8.76. The van der Waals surface area contributed by atoms with Gasteiger partial charge in [0.05, 0.1) is 34.0 Å². The molecule has 1 aliphatic rings. The van der Waals surface area contributed by atoms with Crippen LogP contribution in [0.1, 0.15) is 31.2 Å².